The number of rotatable bonds is 8. The number of anilines is 1. The monoisotopic (exact) mass is 247 g/mol. The van der Waals surface area contributed by atoms with E-state index in [9.17, 15) is 4.79 Å². The standard InChI is InChI=1S/C14H21N3O/c1-3-4-14(18)10-17-11(2)16-9-12-5-7-13(15)8-6-12/h5-8,16-17H,2-4,9-10,15H2,1H3. The molecule has 1 aromatic carbocycles. The van der Waals surface area contributed by atoms with Gasteiger partial charge in [0.05, 0.1) is 12.4 Å². The number of ketones is 1. The van der Waals surface area contributed by atoms with Crippen LogP contribution in [0, 0.1) is 0 Å². The van der Waals surface area contributed by atoms with Gasteiger partial charge in [-0.3, -0.25) is 4.79 Å². The maximum atomic E-state index is 11.3. The van der Waals surface area contributed by atoms with Crippen LogP contribution < -0.4 is 16.4 Å². The second-order valence-corrected chi connectivity index (χ2v) is 4.22. The molecule has 0 radical (unpaired) electrons. The Morgan fingerprint density at radius 2 is 1.94 bits per heavy atom. The van der Waals surface area contributed by atoms with Crippen molar-refractivity contribution >= 4 is 11.5 Å². The van der Waals surface area contributed by atoms with Crippen molar-refractivity contribution in [1.29, 1.82) is 0 Å². The average Bonchev–Trinajstić information content (AvgIpc) is 2.36. The summed E-state index contributed by atoms with van der Waals surface area (Å²) in [6.45, 7) is 6.81. The zero-order valence-corrected chi connectivity index (χ0v) is 10.8. The van der Waals surface area contributed by atoms with Crippen molar-refractivity contribution in [2.75, 3.05) is 12.3 Å². The molecule has 0 unspecified atom stereocenters. The topological polar surface area (TPSA) is 67.2 Å². The summed E-state index contributed by atoms with van der Waals surface area (Å²) < 4.78 is 0. The van der Waals surface area contributed by atoms with Crippen molar-refractivity contribution in [3.63, 3.8) is 0 Å². The summed E-state index contributed by atoms with van der Waals surface area (Å²) in [5, 5.41) is 6.09. The first-order valence-corrected chi connectivity index (χ1v) is 6.14. The Morgan fingerprint density at radius 1 is 1.28 bits per heavy atom. The van der Waals surface area contributed by atoms with Crippen LogP contribution in [-0.4, -0.2) is 12.3 Å². The molecule has 0 atom stereocenters. The van der Waals surface area contributed by atoms with Crippen LogP contribution in [0.1, 0.15) is 25.3 Å². The fourth-order valence-electron chi connectivity index (χ4n) is 1.48. The molecule has 4 N–H and O–H groups in total. The van der Waals surface area contributed by atoms with E-state index in [0.29, 0.717) is 25.3 Å². The molecule has 18 heavy (non-hydrogen) atoms. The lowest BCUT2D eigenvalue weighted by Crippen LogP contribution is -2.29. The maximum absolute atomic E-state index is 11.3. The second kappa shape index (κ2) is 7.37. The molecule has 4 nitrogen and oxygen atoms in total. The van der Waals surface area contributed by atoms with Crippen LogP contribution in [-0.2, 0) is 11.3 Å². The molecule has 0 amide bonds. The summed E-state index contributed by atoms with van der Waals surface area (Å²) in [7, 11) is 0. The molecule has 0 saturated heterocycles. The third-order valence-corrected chi connectivity index (χ3v) is 2.51. The Labute approximate surface area is 108 Å². The quantitative estimate of drug-likeness (QED) is 0.613. The smallest absolute Gasteiger partial charge is 0.151 e. The van der Waals surface area contributed by atoms with Gasteiger partial charge in [0, 0.05) is 18.7 Å². The number of nitrogen functional groups attached to an aromatic ring is 1. The first-order chi connectivity index (χ1) is 8.61. The number of hydrogen-bond acceptors (Lipinski definition) is 4. The largest absolute Gasteiger partial charge is 0.399 e. The predicted octanol–water partition coefficient (Wildman–Crippen LogP) is 1.79. The van der Waals surface area contributed by atoms with E-state index in [0.717, 1.165) is 17.7 Å². The van der Waals surface area contributed by atoms with Crippen LogP contribution in [0.15, 0.2) is 36.7 Å². The van der Waals surface area contributed by atoms with Gasteiger partial charge in [0.15, 0.2) is 5.78 Å². The van der Waals surface area contributed by atoms with Gasteiger partial charge in [-0.15, -0.1) is 0 Å². The molecule has 1 aromatic rings. The molecule has 0 aliphatic rings. The number of benzene rings is 1. The van der Waals surface area contributed by atoms with E-state index < -0.39 is 0 Å². The minimum Gasteiger partial charge on any atom is -0.399 e. The number of nitrogens with one attached hydrogen (secondary N) is 2. The van der Waals surface area contributed by atoms with Gasteiger partial charge in [-0.2, -0.15) is 0 Å². The van der Waals surface area contributed by atoms with Crippen LogP contribution in [0.25, 0.3) is 0 Å². The molecule has 98 valence electrons. The highest BCUT2D eigenvalue weighted by molar-refractivity contribution is 5.80. The summed E-state index contributed by atoms with van der Waals surface area (Å²) in [4.78, 5) is 11.3. The predicted molar refractivity (Wildman–Crippen MR) is 74.8 cm³/mol. The van der Waals surface area contributed by atoms with E-state index in [1.807, 2.05) is 31.2 Å². The van der Waals surface area contributed by atoms with Crippen molar-refractivity contribution in [3.8, 4) is 0 Å². The number of nitrogens with two attached hydrogens (primary N) is 1. The molecular weight excluding hydrogens is 226 g/mol. The van der Waals surface area contributed by atoms with E-state index in [2.05, 4.69) is 17.2 Å². The Balaban J connectivity index is 2.24. The van der Waals surface area contributed by atoms with Gasteiger partial charge < -0.3 is 16.4 Å². The third kappa shape index (κ3) is 5.39. The Bertz CT molecular complexity index is 398. The fraction of sp³-hybridized carbons (Fsp3) is 0.357. The van der Waals surface area contributed by atoms with Crippen molar-refractivity contribution in [2.24, 2.45) is 0 Å². The zero-order chi connectivity index (χ0) is 13.4. The van der Waals surface area contributed by atoms with Gasteiger partial charge in [-0.25, -0.2) is 0 Å². The van der Waals surface area contributed by atoms with Crippen LogP contribution in [0.2, 0.25) is 0 Å². The highest BCUT2D eigenvalue weighted by atomic mass is 16.1. The Kier molecular flexibility index (Phi) is 5.77. The number of hydrogen-bond donors (Lipinski definition) is 3. The lowest BCUT2D eigenvalue weighted by molar-refractivity contribution is -0.118. The van der Waals surface area contributed by atoms with E-state index >= 15 is 0 Å². The van der Waals surface area contributed by atoms with E-state index in [1.54, 1.807) is 0 Å². The van der Waals surface area contributed by atoms with Gasteiger partial charge in [0.2, 0.25) is 0 Å². The summed E-state index contributed by atoms with van der Waals surface area (Å²) >= 11 is 0. The molecule has 4 heteroatoms. The van der Waals surface area contributed by atoms with Gasteiger partial charge >= 0.3 is 0 Å². The Morgan fingerprint density at radius 3 is 2.56 bits per heavy atom. The highest BCUT2D eigenvalue weighted by Gasteiger charge is 2.00. The van der Waals surface area contributed by atoms with Gasteiger partial charge in [0.1, 0.15) is 0 Å². The normalized spacial score (nSPS) is 9.83. The molecule has 0 aromatic heterocycles. The molecule has 0 bridgehead atoms. The van der Waals surface area contributed by atoms with Crippen molar-refractivity contribution < 1.29 is 4.79 Å². The van der Waals surface area contributed by atoms with Crippen LogP contribution in [0.4, 0.5) is 5.69 Å². The van der Waals surface area contributed by atoms with Crippen molar-refractivity contribution in [2.45, 2.75) is 26.3 Å². The van der Waals surface area contributed by atoms with E-state index in [-0.39, 0.29) is 5.78 Å². The van der Waals surface area contributed by atoms with Crippen molar-refractivity contribution in [1.82, 2.24) is 10.6 Å². The number of carbonyl (C=O) groups is 1. The Hall–Kier alpha value is -1.97. The van der Waals surface area contributed by atoms with Crippen LogP contribution in [0.3, 0.4) is 0 Å². The van der Waals surface area contributed by atoms with E-state index in [4.69, 9.17) is 5.73 Å². The molecular formula is C14H21N3O. The van der Waals surface area contributed by atoms with Crippen LogP contribution in [0.5, 0.6) is 0 Å². The molecule has 0 fully saturated rings. The molecule has 0 aliphatic carbocycles. The van der Waals surface area contributed by atoms with Crippen molar-refractivity contribution in [3.05, 3.63) is 42.2 Å². The third-order valence-electron chi connectivity index (χ3n) is 2.51. The first kappa shape index (κ1) is 14.1. The minimum atomic E-state index is 0.202. The SMILES string of the molecule is C=C(NCC(=O)CCC)NCc1ccc(N)cc1. The first-order valence-electron chi connectivity index (χ1n) is 6.14. The molecule has 0 heterocycles. The van der Waals surface area contributed by atoms with E-state index in [1.165, 1.54) is 0 Å². The lowest BCUT2D eigenvalue weighted by atomic mass is 10.2. The van der Waals surface area contributed by atoms with Gasteiger partial charge in [-0.05, 0) is 24.1 Å². The summed E-state index contributed by atoms with van der Waals surface area (Å²) in [5.41, 5.74) is 7.47. The van der Waals surface area contributed by atoms with Crippen LogP contribution >= 0.6 is 0 Å². The fourth-order valence-corrected chi connectivity index (χ4v) is 1.48. The molecule has 0 saturated carbocycles. The van der Waals surface area contributed by atoms with Gasteiger partial charge in [-0.1, -0.05) is 25.6 Å². The summed E-state index contributed by atoms with van der Waals surface area (Å²) in [6.07, 6.45) is 1.49. The highest BCUT2D eigenvalue weighted by Crippen LogP contribution is 2.05. The molecule has 1 rings (SSSR count). The zero-order valence-electron chi connectivity index (χ0n) is 10.8. The maximum Gasteiger partial charge on any atom is 0.151 e. The second-order valence-electron chi connectivity index (χ2n) is 4.22. The summed E-state index contributed by atoms with van der Waals surface area (Å²) in [6, 6.07) is 7.63. The summed E-state index contributed by atoms with van der Waals surface area (Å²) in [5.74, 6) is 0.865. The van der Waals surface area contributed by atoms with Gasteiger partial charge in [0.25, 0.3) is 0 Å². The lowest BCUT2D eigenvalue weighted by Gasteiger charge is -2.11. The average molecular weight is 247 g/mol. The number of Topliss-reactive ketones (excluding diaryl/α,β-unsaturated/α-hetero) is 1. The molecule has 0 spiro atoms. The minimum absolute atomic E-state index is 0.202. The molecule has 0 aliphatic heterocycles. The number of carbonyl (C=O) groups excluding carboxylic acids is 1.